The van der Waals surface area contributed by atoms with Gasteiger partial charge in [-0.25, -0.2) is 0 Å². The number of nitrogens with two attached hydrogens (primary N) is 1. The molecule has 0 aliphatic carbocycles. The Hall–Kier alpha value is -1.08. The van der Waals surface area contributed by atoms with Gasteiger partial charge < -0.3 is 5.73 Å². The molecular formula is C12H16ClN3. The summed E-state index contributed by atoms with van der Waals surface area (Å²) in [6, 6.07) is 10.2. The quantitative estimate of drug-likeness (QED) is 0.849. The lowest BCUT2D eigenvalue weighted by atomic mass is 10.1. The first kappa shape index (κ1) is 13.0. The molecule has 16 heavy (non-hydrogen) atoms. The molecule has 0 spiro atoms. The summed E-state index contributed by atoms with van der Waals surface area (Å²) in [5, 5.41) is 8.67. The van der Waals surface area contributed by atoms with E-state index in [4.69, 9.17) is 11.0 Å². The molecule has 1 aliphatic rings. The summed E-state index contributed by atoms with van der Waals surface area (Å²) in [6.07, 6.45) is 1.09. The third-order valence-corrected chi connectivity index (χ3v) is 2.80. The molecule has 1 fully saturated rings. The molecule has 0 saturated carbocycles. The van der Waals surface area contributed by atoms with Crippen LogP contribution in [0.5, 0.6) is 0 Å². The van der Waals surface area contributed by atoms with Crippen LogP contribution in [-0.4, -0.2) is 24.0 Å². The summed E-state index contributed by atoms with van der Waals surface area (Å²) in [7, 11) is 0. The number of hydrogen-bond donors (Lipinski definition) is 1. The minimum atomic E-state index is 0. The fourth-order valence-electron chi connectivity index (χ4n) is 1.95. The molecule has 0 bridgehead atoms. The van der Waals surface area contributed by atoms with Crippen LogP contribution in [0.4, 0.5) is 0 Å². The van der Waals surface area contributed by atoms with Crippen LogP contribution < -0.4 is 5.73 Å². The standard InChI is InChI=1S/C12H15N3.ClH/c13-7-10-1-3-11(4-2-10)8-15-6-5-12(14)9-15;/h1-4,12H,5-6,8-9,14H2;1H/t12-;/m1./s1. The molecule has 3 nitrogen and oxygen atoms in total. The van der Waals surface area contributed by atoms with E-state index in [0.717, 1.165) is 31.6 Å². The van der Waals surface area contributed by atoms with Gasteiger partial charge in [-0.1, -0.05) is 12.1 Å². The van der Waals surface area contributed by atoms with Crippen LogP contribution in [0, 0.1) is 11.3 Å². The second-order valence-corrected chi connectivity index (χ2v) is 4.09. The average molecular weight is 238 g/mol. The van der Waals surface area contributed by atoms with Gasteiger partial charge in [-0.15, -0.1) is 12.4 Å². The highest BCUT2D eigenvalue weighted by Gasteiger charge is 2.18. The van der Waals surface area contributed by atoms with Crippen LogP contribution in [0.25, 0.3) is 0 Å². The maximum Gasteiger partial charge on any atom is 0.0991 e. The molecule has 0 aromatic heterocycles. The number of nitriles is 1. The second-order valence-electron chi connectivity index (χ2n) is 4.09. The Morgan fingerprint density at radius 2 is 2.06 bits per heavy atom. The van der Waals surface area contributed by atoms with Gasteiger partial charge in [0.05, 0.1) is 11.6 Å². The minimum absolute atomic E-state index is 0. The van der Waals surface area contributed by atoms with Crippen molar-refractivity contribution in [2.45, 2.75) is 19.0 Å². The number of likely N-dealkylation sites (tertiary alicyclic amines) is 1. The van der Waals surface area contributed by atoms with Crippen molar-refractivity contribution < 1.29 is 0 Å². The fourth-order valence-corrected chi connectivity index (χ4v) is 1.95. The summed E-state index contributed by atoms with van der Waals surface area (Å²) in [5.41, 5.74) is 7.81. The first-order valence-electron chi connectivity index (χ1n) is 5.25. The van der Waals surface area contributed by atoms with Gasteiger partial charge in [-0.3, -0.25) is 4.90 Å². The van der Waals surface area contributed by atoms with Crippen molar-refractivity contribution in [3.8, 4) is 6.07 Å². The van der Waals surface area contributed by atoms with Gasteiger partial charge in [0, 0.05) is 25.7 Å². The Morgan fingerprint density at radius 3 is 2.56 bits per heavy atom. The zero-order chi connectivity index (χ0) is 10.7. The van der Waals surface area contributed by atoms with E-state index in [-0.39, 0.29) is 12.4 Å². The Labute approximate surface area is 102 Å². The van der Waals surface area contributed by atoms with Crippen LogP contribution in [0.3, 0.4) is 0 Å². The van der Waals surface area contributed by atoms with Gasteiger partial charge in [0.2, 0.25) is 0 Å². The molecular weight excluding hydrogens is 222 g/mol. The van der Waals surface area contributed by atoms with Crippen molar-refractivity contribution in [1.29, 1.82) is 5.26 Å². The number of hydrogen-bond acceptors (Lipinski definition) is 3. The molecule has 0 unspecified atom stereocenters. The topological polar surface area (TPSA) is 53.0 Å². The van der Waals surface area contributed by atoms with Crippen molar-refractivity contribution in [3.05, 3.63) is 35.4 Å². The highest BCUT2D eigenvalue weighted by atomic mass is 35.5. The van der Waals surface area contributed by atoms with Crippen molar-refractivity contribution in [3.63, 3.8) is 0 Å². The number of nitrogens with zero attached hydrogens (tertiary/aromatic N) is 2. The smallest absolute Gasteiger partial charge is 0.0991 e. The van der Waals surface area contributed by atoms with Crippen molar-refractivity contribution in [2.24, 2.45) is 5.73 Å². The van der Waals surface area contributed by atoms with Crippen LogP contribution in [-0.2, 0) is 6.54 Å². The normalized spacial score (nSPS) is 20.1. The molecule has 0 amide bonds. The van der Waals surface area contributed by atoms with E-state index in [1.54, 1.807) is 0 Å². The minimum Gasteiger partial charge on any atom is -0.326 e. The summed E-state index contributed by atoms with van der Waals surface area (Å²) in [6.45, 7) is 3.01. The number of halogens is 1. The highest BCUT2D eigenvalue weighted by molar-refractivity contribution is 5.85. The third kappa shape index (κ3) is 3.21. The fraction of sp³-hybridized carbons (Fsp3) is 0.417. The van der Waals surface area contributed by atoms with Crippen molar-refractivity contribution >= 4 is 12.4 Å². The van der Waals surface area contributed by atoms with Crippen molar-refractivity contribution in [2.75, 3.05) is 13.1 Å². The van der Waals surface area contributed by atoms with Gasteiger partial charge in [0.15, 0.2) is 0 Å². The summed E-state index contributed by atoms with van der Waals surface area (Å²) < 4.78 is 0. The largest absolute Gasteiger partial charge is 0.326 e. The zero-order valence-electron chi connectivity index (χ0n) is 9.10. The maximum atomic E-state index is 8.67. The molecule has 0 radical (unpaired) electrons. The Balaban J connectivity index is 0.00000128. The summed E-state index contributed by atoms with van der Waals surface area (Å²) in [5.74, 6) is 0. The highest BCUT2D eigenvalue weighted by Crippen LogP contribution is 2.12. The van der Waals surface area contributed by atoms with E-state index < -0.39 is 0 Å². The predicted molar refractivity (Wildman–Crippen MR) is 66.3 cm³/mol. The van der Waals surface area contributed by atoms with Crippen LogP contribution in [0.2, 0.25) is 0 Å². The van der Waals surface area contributed by atoms with E-state index in [9.17, 15) is 0 Å². The molecule has 1 aromatic carbocycles. The molecule has 86 valence electrons. The lowest BCUT2D eigenvalue weighted by Crippen LogP contribution is -2.26. The molecule has 4 heteroatoms. The zero-order valence-corrected chi connectivity index (χ0v) is 9.91. The van der Waals surface area contributed by atoms with E-state index in [2.05, 4.69) is 11.0 Å². The van der Waals surface area contributed by atoms with Gasteiger partial charge in [0.25, 0.3) is 0 Å². The van der Waals surface area contributed by atoms with Gasteiger partial charge >= 0.3 is 0 Å². The number of rotatable bonds is 2. The van der Waals surface area contributed by atoms with E-state index in [1.807, 2.05) is 24.3 Å². The third-order valence-electron chi connectivity index (χ3n) is 2.80. The van der Waals surface area contributed by atoms with E-state index in [1.165, 1.54) is 5.56 Å². The lowest BCUT2D eigenvalue weighted by molar-refractivity contribution is 0.327. The molecule has 1 atom stereocenters. The van der Waals surface area contributed by atoms with E-state index in [0.29, 0.717) is 6.04 Å². The Bertz CT molecular complexity index is 369. The second kappa shape index (κ2) is 5.86. The van der Waals surface area contributed by atoms with Gasteiger partial charge in [-0.05, 0) is 24.1 Å². The van der Waals surface area contributed by atoms with Crippen LogP contribution >= 0.6 is 12.4 Å². The SMILES string of the molecule is Cl.N#Cc1ccc(CN2CC[C@@H](N)C2)cc1. The first-order chi connectivity index (χ1) is 7.28. The first-order valence-corrected chi connectivity index (χ1v) is 5.25. The van der Waals surface area contributed by atoms with E-state index >= 15 is 0 Å². The molecule has 1 heterocycles. The molecule has 1 aliphatic heterocycles. The Kier molecular flexibility index (Phi) is 4.75. The molecule has 2 rings (SSSR count). The van der Waals surface area contributed by atoms with Gasteiger partial charge in [-0.2, -0.15) is 5.26 Å². The predicted octanol–water partition coefficient (Wildman–Crippen LogP) is 1.51. The Morgan fingerprint density at radius 1 is 1.38 bits per heavy atom. The molecule has 1 aromatic rings. The molecule has 2 N–H and O–H groups in total. The van der Waals surface area contributed by atoms with Gasteiger partial charge in [0.1, 0.15) is 0 Å². The van der Waals surface area contributed by atoms with Crippen molar-refractivity contribution in [1.82, 2.24) is 4.90 Å². The lowest BCUT2D eigenvalue weighted by Gasteiger charge is -2.14. The van der Waals surface area contributed by atoms with Crippen LogP contribution in [0.15, 0.2) is 24.3 Å². The maximum absolute atomic E-state index is 8.67. The summed E-state index contributed by atoms with van der Waals surface area (Å²) >= 11 is 0. The summed E-state index contributed by atoms with van der Waals surface area (Å²) in [4.78, 5) is 2.35. The number of benzene rings is 1. The monoisotopic (exact) mass is 237 g/mol. The van der Waals surface area contributed by atoms with Crippen LogP contribution in [0.1, 0.15) is 17.5 Å². The average Bonchev–Trinajstić information content (AvgIpc) is 2.65. The molecule has 1 saturated heterocycles.